The number of carbonyl (C=O) groups excluding carboxylic acids is 1. The average Bonchev–Trinajstić information content (AvgIpc) is 2.66. The zero-order valence-corrected chi connectivity index (χ0v) is 9.96. The van der Waals surface area contributed by atoms with E-state index >= 15 is 0 Å². The van der Waals surface area contributed by atoms with Crippen molar-refractivity contribution in [3.8, 4) is 0 Å². The first-order valence-electron chi connectivity index (χ1n) is 5.23. The monoisotopic (exact) mass is 247 g/mol. The van der Waals surface area contributed by atoms with Crippen LogP contribution < -0.4 is 5.32 Å². The maximum atomic E-state index is 11.3. The molecule has 5 nitrogen and oxygen atoms in total. The van der Waals surface area contributed by atoms with Gasteiger partial charge in [-0.25, -0.2) is 8.42 Å². The molecule has 1 N–H and O–H groups in total. The van der Waals surface area contributed by atoms with Crippen molar-refractivity contribution >= 4 is 15.7 Å². The number of nitrogens with one attached hydrogen (secondary N) is 1. The summed E-state index contributed by atoms with van der Waals surface area (Å²) in [7, 11) is -3.35. The van der Waals surface area contributed by atoms with Crippen molar-refractivity contribution in [3.63, 3.8) is 0 Å². The number of ether oxygens (including phenoxy) is 1. The molecule has 0 aliphatic carbocycles. The lowest BCUT2D eigenvalue weighted by atomic mass is 10.2. The SMILES string of the molecule is C=CCS(=O)(=O)CC(=O)NCC1CCCO1. The van der Waals surface area contributed by atoms with Gasteiger partial charge in [0.25, 0.3) is 0 Å². The van der Waals surface area contributed by atoms with Gasteiger partial charge in [-0.05, 0) is 12.8 Å². The lowest BCUT2D eigenvalue weighted by Gasteiger charge is -2.10. The highest BCUT2D eigenvalue weighted by atomic mass is 32.2. The van der Waals surface area contributed by atoms with Crippen molar-refractivity contribution in [2.24, 2.45) is 0 Å². The van der Waals surface area contributed by atoms with Gasteiger partial charge in [0.05, 0.1) is 11.9 Å². The van der Waals surface area contributed by atoms with E-state index in [4.69, 9.17) is 4.74 Å². The van der Waals surface area contributed by atoms with Crippen LogP contribution in [-0.4, -0.2) is 45.1 Å². The summed E-state index contributed by atoms with van der Waals surface area (Å²) in [6.07, 6.45) is 3.23. The Kier molecular flexibility index (Phi) is 4.95. The quantitative estimate of drug-likeness (QED) is 0.664. The van der Waals surface area contributed by atoms with Crippen molar-refractivity contribution in [1.82, 2.24) is 5.32 Å². The molecule has 1 unspecified atom stereocenters. The van der Waals surface area contributed by atoms with Crippen LogP contribution >= 0.6 is 0 Å². The van der Waals surface area contributed by atoms with E-state index < -0.39 is 21.5 Å². The molecule has 0 saturated carbocycles. The molecule has 0 aromatic rings. The summed E-state index contributed by atoms with van der Waals surface area (Å²) in [5.74, 6) is -1.12. The van der Waals surface area contributed by atoms with Crippen LogP contribution in [0.4, 0.5) is 0 Å². The van der Waals surface area contributed by atoms with Crippen LogP contribution in [-0.2, 0) is 19.4 Å². The third kappa shape index (κ3) is 4.76. The largest absolute Gasteiger partial charge is 0.376 e. The van der Waals surface area contributed by atoms with Gasteiger partial charge < -0.3 is 10.1 Å². The van der Waals surface area contributed by atoms with Gasteiger partial charge in [0.2, 0.25) is 5.91 Å². The van der Waals surface area contributed by atoms with Crippen LogP contribution in [0.15, 0.2) is 12.7 Å². The van der Waals surface area contributed by atoms with E-state index in [9.17, 15) is 13.2 Å². The first-order chi connectivity index (χ1) is 7.53. The molecule has 6 heteroatoms. The van der Waals surface area contributed by atoms with Gasteiger partial charge in [-0.3, -0.25) is 4.79 Å². The second kappa shape index (κ2) is 6.00. The van der Waals surface area contributed by atoms with E-state index in [1.807, 2.05) is 0 Å². The summed E-state index contributed by atoms with van der Waals surface area (Å²) < 4.78 is 27.8. The summed E-state index contributed by atoms with van der Waals surface area (Å²) in [4.78, 5) is 11.3. The van der Waals surface area contributed by atoms with E-state index in [-0.39, 0.29) is 11.9 Å². The molecular formula is C10H17NO4S. The van der Waals surface area contributed by atoms with E-state index in [0.717, 1.165) is 19.4 Å². The Hall–Kier alpha value is -0.880. The minimum absolute atomic E-state index is 0.0334. The number of hydrogen-bond acceptors (Lipinski definition) is 4. The van der Waals surface area contributed by atoms with Crippen LogP contribution in [0.1, 0.15) is 12.8 Å². The highest BCUT2D eigenvalue weighted by Gasteiger charge is 2.18. The fourth-order valence-corrected chi connectivity index (χ4v) is 2.50. The van der Waals surface area contributed by atoms with Gasteiger partial charge in [0, 0.05) is 13.2 Å². The molecule has 0 radical (unpaired) electrons. The molecule has 1 aliphatic heterocycles. The summed E-state index contributed by atoms with van der Waals surface area (Å²) in [6.45, 7) is 4.44. The molecule has 1 fully saturated rings. The highest BCUT2D eigenvalue weighted by molar-refractivity contribution is 7.92. The summed E-state index contributed by atoms with van der Waals surface area (Å²) in [5, 5.41) is 2.56. The van der Waals surface area contributed by atoms with Gasteiger partial charge in [-0.1, -0.05) is 6.08 Å². The number of amides is 1. The number of carbonyl (C=O) groups is 1. The van der Waals surface area contributed by atoms with Gasteiger partial charge in [0.15, 0.2) is 9.84 Å². The molecule has 1 saturated heterocycles. The topological polar surface area (TPSA) is 72.5 Å². The van der Waals surface area contributed by atoms with Crippen molar-refractivity contribution in [2.75, 3.05) is 24.7 Å². The molecule has 1 aliphatic rings. The Labute approximate surface area is 95.8 Å². The second-order valence-electron chi connectivity index (χ2n) is 3.78. The van der Waals surface area contributed by atoms with Crippen LogP contribution in [0, 0.1) is 0 Å². The van der Waals surface area contributed by atoms with Crippen molar-refractivity contribution in [2.45, 2.75) is 18.9 Å². The molecule has 0 aromatic heterocycles. The van der Waals surface area contributed by atoms with Crippen molar-refractivity contribution in [3.05, 3.63) is 12.7 Å². The lowest BCUT2D eigenvalue weighted by Crippen LogP contribution is -2.36. The minimum Gasteiger partial charge on any atom is -0.376 e. The van der Waals surface area contributed by atoms with Gasteiger partial charge in [-0.2, -0.15) is 0 Å². The smallest absolute Gasteiger partial charge is 0.235 e. The average molecular weight is 247 g/mol. The van der Waals surface area contributed by atoms with Crippen LogP contribution in [0.25, 0.3) is 0 Å². The maximum absolute atomic E-state index is 11.3. The third-order valence-electron chi connectivity index (χ3n) is 2.27. The molecule has 16 heavy (non-hydrogen) atoms. The molecule has 1 rings (SSSR count). The summed E-state index contributed by atoms with van der Waals surface area (Å²) >= 11 is 0. The van der Waals surface area contributed by atoms with Crippen molar-refractivity contribution < 1.29 is 17.9 Å². The predicted octanol–water partition coefficient (Wildman–Crippen LogP) is -0.118. The predicted molar refractivity (Wildman–Crippen MR) is 60.8 cm³/mol. The zero-order chi connectivity index (χ0) is 12.0. The molecule has 92 valence electrons. The maximum Gasteiger partial charge on any atom is 0.235 e. The normalized spacial score (nSPS) is 20.6. The first kappa shape index (κ1) is 13.2. The number of sulfone groups is 1. The molecule has 1 heterocycles. The summed E-state index contributed by atoms with van der Waals surface area (Å²) in [6, 6.07) is 0. The van der Waals surface area contributed by atoms with Gasteiger partial charge >= 0.3 is 0 Å². The lowest BCUT2D eigenvalue weighted by molar-refractivity contribution is -0.119. The van der Waals surface area contributed by atoms with Crippen LogP contribution in [0.2, 0.25) is 0 Å². The third-order valence-corrected chi connectivity index (χ3v) is 3.72. The van der Waals surface area contributed by atoms with Gasteiger partial charge in [-0.15, -0.1) is 6.58 Å². The molecule has 0 bridgehead atoms. The van der Waals surface area contributed by atoms with Crippen LogP contribution in [0.3, 0.4) is 0 Å². The Morgan fingerprint density at radius 1 is 1.56 bits per heavy atom. The Morgan fingerprint density at radius 2 is 2.31 bits per heavy atom. The van der Waals surface area contributed by atoms with Gasteiger partial charge in [0.1, 0.15) is 5.75 Å². The molecule has 0 aromatic carbocycles. The molecule has 1 atom stereocenters. The molecule has 0 spiro atoms. The number of rotatable bonds is 6. The Morgan fingerprint density at radius 3 is 2.88 bits per heavy atom. The standard InChI is InChI=1S/C10H17NO4S/c1-2-6-16(13,14)8-10(12)11-7-9-4-3-5-15-9/h2,9H,1,3-8H2,(H,11,12). The number of hydrogen-bond donors (Lipinski definition) is 1. The van der Waals surface area contributed by atoms with E-state index in [0.29, 0.717) is 6.54 Å². The summed E-state index contributed by atoms with van der Waals surface area (Å²) in [5.41, 5.74) is 0. The van der Waals surface area contributed by atoms with Crippen molar-refractivity contribution in [1.29, 1.82) is 0 Å². The highest BCUT2D eigenvalue weighted by Crippen LogP contribution is 2.10. The van der Waals surface area contributed by atoms with E-state index in [1.54, 1.807) is 0 Å². The van der Waals surface area contributed by atoms with E-state index in [1.165, 1.54) is 6.08 Å². The second-order valence-corrected chi connectivity index (χ2v) is 5.89. The Balaban J connectivity index is 2.27. The fraction of sp³-hybridized carbons (Fsp3) is 0.700. The zero-order valence-electron chi connectivity index (χ0n) is 9.15. The Bertz CT molecular complexity index is 344. The van der Waals surface area contributed by atoms with Crippen LogP contribution in [0.5, 0.6) is 0 Å². The fourth-order valence-electron chi connectivity index (χ4n) is 1.52. The first-order valence-corrected chi connectivity index (χ1v) is 7.05. The molecule has 1 amide bonds. The minimum atomic E-state index is -3.35. The molecular weight excluding hydrogens is 230 g/mol. The van der Waals surface area contributed by atoms with E-state index in [2.05, 4.69) is 11.9 Å².